The lowest BCUT2D eigenvalue weighted by Crippen LogP contribution is -2.27. The summed E-state index contributed by atoms with van der Waals surface area (Å²) in [5.41, 5.74) is 6.75. The molecule has 2 aromatic rings. The first-order valence-electron chi connectivity index (χ1n) is 7.84. The minimum Gasteiger partial charge on any atom is -0.497 e. The second-order valence-corrected chi connectivity index (χ2v) is 5.52. The van der Waals surface area contributed by atoms with E-state index < -0.39 is 12.1 Å². The molecule has 0 fully saturated rings. The van der Waals surface area contributed by atoms with Crippen molar-refractivity contribution in [2.24, 2.45) is 5.73 Å². The number of hydrogen-bond acceptors (Lipinski definition) is 7. The van der Waals surface area contributed by atoms with E-state index >= 15 is 0 Å². The van der Waals surface area contributed by atoms with Crippen LogP contribution in [0.2, 0.25) is 0 Å². The number of nitrogens with two attached hydrogens (primary N) is 1. The summed E-state index contributed by atoms with van der Waals surface area (Å²) >= 11 is 0. The number of aromatic nitrogens is 1. The molecular formula is C17H23N3O5. The fourth-order valence-electron chi connectivity index (χ4n) is 2.23. The van der Waals surface area contributed by atoms with Crippen molar-refractivity contribution >= 4 is 5.91 Å². The Morgan fingerprint density at radius 3 is 2.80 bits per heavy atom. The van der Waals surface area contributed by atoms with Gasteiger partial charge in [-0.05, 0) is 37.1 Å². The third kappa shape index (κ3) is 4.71. The zero-order chi connectivity index (χ0) is 18.4. The van der Waals surface area contributed by atoms with Crippen molar-refractivity contribution in [3.63, 3.8) is 0 Å². The molecule has 0 aliphatic heterocycles. The number of carbonyl (C=O) groups is 1. The Bertz CT molecular complexity index is 714. The third-order valence-corrected chi connectivity index (χ3v) is 3.73. The van der Waals surface area contributed by atoms with Crippen LogP contribution in [-0.4, -0.2) is 42.9 Å². The molecule has 1 heterocycles. The van der Waals surface area contributed by atoms with Gasteiger partial charge in [0.2, 0.25) is 5.89 Å². The molecule has 0 saturated carbocycles. The predicted molar refractivity (Wildman–Crippen MR) is 90.7 cm³/mol. The smallest absolute Gasteiger partial charge is 0.273 e. The van der Waals surface area contributed by atoms with Gasteiger partial charge < -0.3 is 30.0 Å². The van der Waals surface area contributed by atoms with Gasteiger partial charge >= 0.3 is 0 Å². The summed E-state index contributed by atoms with van der Waals surface area (Å²) < 4.78 is 15.7. The molecule has 2 unspecified atom stereocenters. The number of aliphatic hydroxyl groups is 1. The van der Waals surface area contributed by atoms with Crippen molar-refractivity contribution in [2.45, 2.75) is 25.5 Å². The van der Waals surface area contributed by atoms with Crippen LogP contribution in [0, 0.1) is 0 Å². The molecule has 0 spiro atoms. The highest BCUT2D eigenvalue weighted by atomic mass is 16.5. The fourth-order valence-corrected chi connectivity index (χ4v) is 2.23. The Balaban J connectivity index is 1.95. The number of nitrogens with one attached hydrogen (secondary N) is 1. The summed E-state index contributed by atoms with van der Waals surface area (Å²) in [5.74, 6) is 1.18. The second kappa shape index (κ2) is 8.50. The van der Waals surface area contributed by atoms with Crippen LogP contribution in [0.4, 0.5) is 0 Å². The number of rotatable bonds is 8. The van der Waals surface area contributed by atoms with Crippen LogP contribution < -0.4 is 20.5 Å². The van der Waals surface area contributed by atoms with Gasteiger partial charge in [-0.1, -0.05) is 0 Å². The lowest BCUT2D eigenvalue weighted by molar-refractivity contribution is 0.0948. The number of methoxy groups -OCH3 is 2. The van der Waals surface area contributed by atoms with Crippen LogP contribution >= 0.6 is 0 Å². The maximum absolute atomic E-state index is 12.1. The lowest BCUT2D eigenvalue weighted by Gasteiger charge is -2.11. The molecule has 0 radical (unpaired) electrons. The first-order valence-corrected chi connectivity index (χ1v) is 7.84. The highest BCUT2D eigenvalue weighted by Gasteiger charge is 2.20. The number of benzene rings is 1. The van der Waals surface area contributed by atoms with Crippen LogP contribution in [0.3, 0.4) is 0 Å². The van der Waals surface area contributed by atoms with E-state index in [4.69, 9.17) is 19.6 Å². The molecule has 136 valence electrons. The molecule has 1 amide bonds. The molecule has 8 nitrogen and oxygen atoms in total. The van der Waals surface area contributed by atoms with Gasteiger partial charge in [0.15, 0.2) is 5.69 Å². The molecule has 1 aromatic heterocycles. The third-order valence-electron chi connectivity index (χ3n) is 3.73. The molecule has 0 saturated heterocycles. The number of hydrogen-bond donors (Lipinski definition) is 3. The van der Waals surface area contributed by atoms with Crippen LogP contribution in [-0.2, 0) is 6.42 Å². The van der Waals surface area contributed by atoms with Gasteiger partial charge in [0.25, 0.3) is 5.91 Å². The average Bonchev–Trinajstić information content (AvgIpc) is 3.10. The highest BCUT2D eigenvalue weighted by Crippen LogP contribution is 2.24. The Morgan fingerprint density at radius 1 is 1.40 bits per heavy atom. The van der Waals surface area contributed by atoms with Crippen LogP contribution in [0.5, 0.6) is 11.5 Å². The molecule has 8 heteroatoms. The molecular weight excluding hydrogens is 326 g/mol. The maximum Gasteiger partial charge on any atom is 0.273 e. The van der Waals surface area contributed by atoms with Gasteiger partial charge in [0.05, 0.1) is 20.3 Å². The van der Waals surface area contributed by atoms with Crippen LogP contribution in [0.25, 0.3) is 0 Å². The van der Waals surface area contributed by atoms with E-state index in [1.54, 1.807) is 14.2 Å². The van der Waals surface area contributed by atoms with Crippen molar-refractivity contribution in [3.05, 3.63) is 41.6 Å². The number of nitrogens with zero attached hydrogens (tertiary/aromatic N) is 1. The largest absolute Gasteiger partial charge is 0.497 e. The van der Waals surface area contributed by atoms with Crippen molar-refractivity contribution in [1.29, 1.82) is 0 Å². The molecule has 2 rings (SSSR count). The fraction of sp³-hybridized carbons (Fsp3) is 0.412. The lowest BCUT2D eigenvalue weighted by atomic mass is 10.1. The normalized spacial score (nSPS) is 13.2. The molecule has 0 bridgehead atoms. The van der Waals surface area contributed by atoms with Gasteiger partial charge in [0, 0.05) is 6.54 Å². The Kier molecular flexibility index (Phi) is 6.37. The van der Waals surface area contributed by atoms with E-state index in [1.807, 2.05) is 18.2 Å². The van der Waals surface area contributed by atoms with Crippen molar-refractivity contribution in [1.82, 2.24) is 10.3 Å². The molecule has 0 aliphatic rings. The monoisotopic (exact) mass is 349 g/mol. The summed E-state index contributed by atoms with van der Waals surface area (Å²) in [7, 11) is 3.18. The van der Waals surface area contributed by atoms with Crippen molar-refractivity contribution < 1.29 is 23.8 Å². The van der Waals surface area contributed by atoms with Gasteiger partial charge in [-0.15, -0.1) is 0 Å². The highest BCUT2D eigenvalue weighted by molar-refractivity contribution is 5.91. The number of oxazole rings is 1. The molecule has 4 N–H and O–H groups in total. The minimum atomic E-state index is -0.824. The summed E-state index contributed by atoms with van der Waals surface area (Å²) in [4.78, 5) is 16.1. The van der Waals surface area contributed by atoms with Crippen molar-refractivity contribution in [2.75, 3.05) is 20.8 Å². The molecule has 2 atom stereocenters. The zero-order valence-electron chi connectivity index (χ0n) is 14.5. The SMILES string of the molecule is COc1ccc(OC)c(CCNC(=O)c2coc(C(N)C(C)O)n2)c1. The molecule has 0 aliphatic carbocycles. The van der Waals surface area contributed by atoms with E-state index in [0.29, 0.717) is 13.0 Å². The van der Waals surface area contributed by atoms with Crippen molar-refractivity contribution in [3.8, 4) is 11.5 Å². The maximum atomic E-state index is 12.1. The first-order chi connectivity index (χ1) is 12.0. The van der Waals surface area contributed by atoms with Crippen LogP contribution in [0.1, 0.15) is 34.9 Å². The standard InChI is InChI=1S/C17H23N3O5/c1-10(21)15(18)17-20-13(9-25-17)16(22)19-7-6-11-8-12(23-2)4-5-14(11)24-3/h4-5,8-10,15,21H,6-7,18H2,1-3H3,(H,19,22). The summed E-state index contributed by atoms with van der Waals surface area (Å²) in [6.07, 6.45) is 0.957. The van der Waals surface area contributed by atoms with Gasteiger partial charge in [-0.2, -0.15) is 0 Å². The average molecular weight is 349 g/mol. The van der Waals surface area contributed by atoms with E-state index in [1.165, 1.54) is 13.2 Å². The number of amides is 1. The number of ether oxygens (including phenoxy) is 2. The summed E-state index contributed by atoms with van der Waals surface area (Å²) in [6, 6.07) is 4.71. The predicted octanol–water partition coefficient (Wildman–Crippen LogP) is 1.04. The quantitative estimate of drug-likeness (QED) is 0.651. The Hall–Kier alpha value is -2.58. The van der Waals surface area contributed by atoms with E-state index in [9.17, 15) is 9.90 Å². The number of aliphatic hydroxyl groups excluding tert-OH is 1. The Morgan fingerprint density at radius 2 is 2.16 bits per heavy atom. The van der Waals surface area contributed by atoms with Gasteiger partial charge in [-0.3, -0.25) is 4.79 Å². The first kappa shape index (κ1) is 18.8. The second-order valence-electron chi connectivity index (χ2n) is 5.52. The topological polar surface area (TPSA) is 120 Å². The zero-order valence-corrected chi connectivity index (χ0v) is 14.5. The molecule has 25 heavy (non-hydrogen) atoms. The minimum absolute atomic E-state index is 0.115. The van der Waals surface area contributed by atoms with Crippen LogP contribution in [0.15, 0.2) is 28.9 Å². The summed E-state index contributed by atoms with van der Waals surface area (Å²) in [5, 5.41) is 12.2. The van der Waals surface area contributed by atoms with E-state index in [2.05, 4.69) is 10.3 Å². The van der Waals surface area contributed by atoms with Gasteiger partial charge in [-0.25, -0.2) is 4.98 Å². The van der Waals surface area contributed by atoms with E-state index in [0.717, 1.165) is 17.1 Å². The Labute approximate surface area is 145 Å². The van der Waals surface area contributed by atoms with Gasteiger partial charge in [0.1, 0.15) is 23.8 Å². The molecule has 1 aromatic carbocycles. The van der Waals surface area contributed by atoms with E-state index in [-0.39, 0.29) is 17.5 Å². The number of carbonyl (C=O) groups excluding carboxylic acids is 1. The summed E-state index contributed by atoms with van der Waals surface area (Å²) in [6.45, 7) is 1.91.